The van der Waals surface area contributed by atoms with E-state index in [1.807, 2.05) is 24.3 Å². The van der Waals surface area contributed by atoms with Gasteiger partial charge in [0, 0.05) is 30.0 Å². The molecule has 1 aromatic carbocycles. The molecule has 0 bridgehead atoms. The highest BCUT2D eigenvalue weighted by atomic mass is 79.9. The van der Waals surface area contributed by atoms with Gasteiger partial charge in [-0.15, -0.1) is 0 Å². The van der Waals surface area contributed by atoms with Crippen LogP contribution in [-0.4, -0.2) is 38.3 Å². The van der Waals surface area contributed by atoms with Gasteiger partial charge < -0.3 is 5.32 Å². The predicted octanol–water partition coefficient (Wildman–Crippen LogP) is 4.32. The van der Waals surface area contributed by atoms with Crippen LogP contribution in [-0.2, 0) is 20.6 Å². The molecule has 0 aliphatic carbocycles. The van der Waals surface area contributed by atoms with Gasteiger partial charge in [0.15, 0.2) is 0 Å². The molecule has 1 N–H and O–H groups in total. The van der Waals surface area contributed by atoms with E-state index in [0.29, 0.717) is 31.8 Å². The van der Waals surface area contributed by atoms with E-state index >= 15 is 0 Å². The number of amides is 1. The van der Waals surface area contributed by atoms with Gasteiger partial charge in [0.05, 0.1) is 5.75 Å². The van der Waals surface area contributed by atoms with Crippen LogP contribution >= 0.6 is 15.9 Å². The van der Waals surface area contributed by atoms with Crippen LogP contribution in [0.1, 0.15) is 57.9 Å². The summed E-state index contributed by atoms with van der Waals surface area (Å²) in [4.78, 5) is 12.5. The molecule has 2 rings (SSSR count). The molecule has 0 unspecified atom stereocenters. The number of rotatable bonds is 10. The first-order valence-electron chi connectivity index (χ1n) is 10.4. The monoisotopic (exact) mass is 472 g/mol. The van der Waals surface area contributed by atoms with Crippen molar-refractivity contribution in [3.8, 4) is 0 Å². The zero-order chi connectivity index (χ0) is 20.6. The molecule has 0 aromatic heterocycles. The minimum absolute atomic E-state index is 0.00108. The van der Waals surface area contributed by atoms with Gasteiger partial charge in [-0.05, 0) is 42.9 Å². The van der Waals surface area contributed by atoms with Crippen molar-refractivity contribution < 1.29 is 13.2 Å². The summed E-state index contributed by atoms with van der Waals surface area (Å²) in [5.74, 6) is 0.536. The van der Waals surface area contributed by atoms with Crippen molar-refractivity contribution in [3.63, 3.8) is 0 Å². The van der Waals surface area contributed by atoms with Crippen molar-refractivity contribution >= 4 is 31.9 Å². The van der Waals surface area contributed by atoms with E-state index in [2.05, 4.69) is 35.1 Å². The van der Waals surface area contributed by atoms with E-state index in [9.17, 15) is 13.2 Å². The number of benzene rings is 1. The number of sulfonamides is 1. The highest BCUT2D eigenvalue weighted by Crippen LogP contribution is 2.23. The maximum atomic E-state index is 12.7. The zero-order valence-electron chi connectivity index (χ0n) is 17.0. The lowest BCUT2D eigenvalue weighted by atomic mass is 9.95. The normalized spacial score (nSPS) is 17.4. The molecule has 1 amide bonds. The third kappa shape index (κ3) is 7.16. The van der Waals surface area contributed by atoms with Crippen LogP contribution in [0.2, 0.25) is 0 Å². The molecule has 28 heavy (non-hydrogen) atoms. The van der Waals surface area contributed by atoms with Gasteiger partial charge in [-0.25, -0.2) is 12.7 Å². The first kappa shape index (κ1) is 23.4. The van der Waals surface area contributed by atoms with Gasteiger partial charge in [-0.1, -0.05) is 61.2 Å². The molecular formula is C21H33BrN2O3S. The standard InChI is InChI=1S/C21H33BrN2O3S/c1-3-5-7-17(4-2)15-23-21(25)19-10-12-24(13-11-19)28(26,27)16-18-8-6-9-20(22)14-18/h6,8-9,14,17,19H,3-5,7,10-13,15-16H2,1-2H3,(H,23,25)/t17-/m0/s1. The van der Waals surface area contributed by atoms with Crippen LogP contribution in [0.3, 0.4) is 0 Å². The van der Waals surface area contributed by atoms with Crippen molar-refractivity contribution in [1.82, 2.24) is 9.62 Å². The molecule has 1 atom stereocenters. The van der Waals surface area contributed by atoms with Crippen molar-refractivity contribution in [2.75, 3.05) is 19.6 Å². The Hall–Kier alpha value is -0.920. The molecular weight excluding hydrogens is 440 g/mol. The van der Waals surface area contributed by atoms with Gasteiger partial charge >= 0.3 is 0 Å². The zero-order valence-corrected chi connectivity index (χ0v) is 19.4. The molecule has 1 saturated heterocycles. The number of hydrogen-bond acceptors (Lipinski definition) is 3. The Morgan fingerprint density at radius 2 is 2.00 bits per heavy atom. The van der Waals surface area contributed by atoms with E-state index in [-0.39, 0.29) is 17.6 Å². The molecule has 158 valence electrons. The molecule has 5 nitrogen and oxygen atoms in total. The van der Waals surface area contributed by atoms with Crippen LogP contribution in [0.25, 0.3) is 0 Å². The lowest BCUT2D eigenvalue weighted by molar-refractivity contribution is -0.126. The van der Waals surface area contributed by atoms with Crippen LogP contribution in [0, 0.1) is 11.8 Å². The molecule has 7 heteroatoms. The van der Waals surface area contributed by atoms with Gasteiger partial charge in [0.2, 0.25) is 15.9 Å². The Morgan fingerprint density at radius 1 is 1.29 bits per heavy atom. The van der Waals surface area contributed by atoms with Gasteiger partial charge in [0.1, 0.15) is 0 Å². The largest absolute Gasteiger partial charge is 0.356 e. The maximum absolute atomic E-state index is 12.7. The average Bonchev–Trinajstić information content (AvgIpc) is 2.67. The Bertz CT molecular complexity index is 731. The fraction of sp³-hybridized carbons (Fsp3) is 0.667. The Kier molecular flexibility index (Phi) is 9.44. The maximum Gasteiger partial charge on any atom is 0.223 e. The SMILES string of the molecule is CCCC[C@H](CC)CNC(=O)C1CCN(S(=O)(=O)Cc2cccc(Br)c2)CC1. The fourth-order valence-corrected chi connectivity index (χ4v) is 5.65. The highest BCUT2D eigenvalue weighted by molar-refractivity contribution is 9.10. The van der Waals surface area contributed by atoms with Crippen molar-refractivity contribution in [3.05, 3.63) is 34.3 Å². The summed E-state index contributed by atoms with van der Waals surface area (Å²) >= 11 is 3.38. The second kappa shape index (κ2) is 11.3. The summed E-state index contributed by atoms with van der Waals surface area (Å²) in [6.07, 6.45) is 5.79. The Morgan fingerprint density at radius 3 is 2.61 bits per heavy atom. The topological polar surface area (TPSA) is 66.5 Å². The minimum Gasteiger partial charge on any atom is -0.356 e. The number of hydrogen-bond donors (Lipinski definition) is 1. The Balaban J connectivity index is 1.81. The molecule has 1 heterocycles. The third-order valence-corrected chi connectivity index (χ3v) is 7.91. The van der Waals surface area contributed by atoms with Crippen molar-refractivity contribution in [2.45, 2.75) is 58.1 Å². The number of carbonyl (C=O) groups is 1. The number of nitrogens with one attached hydrogen (secondary N) is 1. The van der Waals surface area contributed by atoms with Crippen LogP contribution in [0.4, 0.5) is 0 Å². The van der Waals surface area contributed by atoms with Crippen molar-refractivity contribution in [2.24, 2.45) is 11.8 Å². The van der Waals surface area contributed by atoms with E-state index in [1.165, 1.54) is 17.1 Å². The van der Waals surface area contributed by atoms with E-state index in [4.69, 9.17) is 0 Å². The third-order valence-electron chi connectivity index (χ3n) is 5.56. The van der Waals surface area contributed by atoms with Gasteiger partial charge in [-0.3, -0.25) is 4.79 Å². The molecule has 0 saturated carbocycles. The number of carbonyl (C=O) groups excluding carboxylic acids is 1. The summed E-state index contributed by atoms with van der Waals surface area (Å²) in [6.45, 7) is 5.92. The number of unbranched alkanes of at least 4 members (excludes halogenated alkanes) is 1. The first-order chi connectivity index (χ1) is 13.4. The lowest BCUT2D eigenvalue weighted by Crippen LogP contribution is -2.44. The summed E-state index contributed by atoms with van der Waals surface area (Å²) in [5.41, 5.74) is 0.770. The summed E-state index contributed by atoms with van der Waals surface area (Å²) < 4.78 is 27.8. The molecule has 0 radical (unpaired) electrons. The molecule has 0 spiro atoms. The summed E-state index contributed by atoms with van der Waals surface area (Å²) in [7, 11) is -3.36. The minimum atomic E-state index is -3.36. The smallest absolute Gasteiger partial charge is 0.223 e. The van der Waals surface area contributed by atoms with E-state index in [1.54, 1.807) is 0 Å². The van der Waals surface area contributed by atoms with Gasteiger partial charge in [0.25, 0.3) is 0 Å². The summed E-state index contributed by atoms with van der Waals surface area (Å²) in [6, 6.07) is 7.38. The summed E-state index contributed by atoms with van der Waals surface area (Å²) in [5, 5.41) is 3.10. The highest BCUT2D eigenvalue weighted by Gasteiger charge is 2.31. The van der Waals surface area contributed by atoms with Gasteiger partial charge in [-0.2, -0.15) is 0 Å². The molecule has 1 aromatic rings. The van der Waals surface area contributed by atoms with Crippen LogP contribution < -0.4 is 5.32 Å². The lowest BCUT2D eigenvalue weighted by Gasteiger charge is -2.31. The molecule has 1 aliphatic rings. The predicted molar refractivity (Wildman–Crippen MR) is 117 cm³/mol. The van der Waals surface area contributed by atoms with Crippen LogP contribution in [0.15, 0.2) is 28.7 Å². The first-order valence-corrected chi connectivity index (χ1v) is 12.8. The van der Waals surface area contributed by atoms with Crippen LogP contribution in [0.5, 0.6) is 0 Å². The Labute approximate surface area is 178 Å². The number of piperidine rings is 1. The van der Waals surface area contributed by atoms with E-state index in [0.717, 1.165) is 29.4 Å². The quantitative estimate of drug-likeness (QED) is 0.550. The molecule has 1 fully saturated rings. The number of nitrogens with zero attached hydrogens (tertiary/aromatic N) is 1. The number of halogens is 1. The fourth-order valence-electron chi connectivity index (χ4n) is 3.66. The average molecular weight is 473 g/mol. The second-order valence-electron chi connectivity index (χ2n) is 7.72. The molecule has 1 aliphatic heterocycles. The second-order valence-corrected chi connectivity index (χ2v) is 10.6. The van der Waals surface area contributed by atoms with E-state index < -0.39 is 10.0 Å². The van der Waals surface area contributed by atoms with Crippen molar-refractivity contribution in [1.29, 1.82) is 0 Å².